The fourth-order valence-electron chi connectivity index (χ4n) is 4.27. The predicted octanol–water partition coefficient (Wildman–Crippen LogP) is 3.22. The minimum Gasteiger partial charge on any atom is -0.458 e. The van der Waals surface area contributed by atoms with Gasteiger partial charge in [0.15, 0.2) is 0 Å². The van der Waals surface area contributed by atoms with Crippen molar-refractivity contribution < 1.29 is 23.9 Å². The van der Waals surface area contributed by atoms with E-state index in [4.69, 9.17) is 9.47 Å². The minimum absolute atomic E-state index is 0.0907. The molecule has 0 spiro atoms. The summed E-state index contributed by atoms with van der Waals surface area (Å²) in [5.41, 5.74) is -0.854. The Morgan fingerprint density at radius 2 is 2.00 bits per heavy atom. The van der Waals surface area contributed by atoms with Crippen LogP contribution in [0.2, 0.25) is 0 Å². The lowest BCUT2D eigenvalue weighted by molar-refractivity contribution is -0.166. The second kappa shape index (κ2) is 7.76. The van der Waals surface area contributed by atoms with Gasteiger partial charge in [-0.2, -0.15) is 0 Å². The van der Waals surface area contributed by atoms with E-state index in [-0.39, 0.29) is 25.1 Å². The molecule has 28 heavy (non-hydrogen) atoms. The van der Waals surface area contributed by atoms with Crippen molar-refractivity contribution in [1.29, 1.82) is 0 Å². The fourth-order valence-corrected chi connectivity index (χ4v) is 4.27. The van der Waals surface area contributed by atoms with Crippen LogP contribution in [0.5, 0.6) is 0 Å². The third kappa shape index (κ3) is 3.94. The number of nitrogens with zero attached hydrogens (tertiary/aromatic N) is 2. The van der Waals surface area contributed by atoms with Gasteiger partial charge in [-0.15, -0.1) is 0 Å². The second-order valence-corrected chi connectivity index (χ2v) is 8.45. The molecule has 2 aliphatic rings. The average Bonchev–Trinajstić information content (AvgIpc) is 3.18. The molecule has 2 bridgehead atoms. The van der Waals surface area contributed by atoms with Gasteiger partial charge in [-0.05, 0) is 45.6 Å². The van der Waals surface area contributed by atoms with Crippen molar-refractivity contribution in [2.45, 2.75) is 63.8 Å². The lowest BCUT2D eigenvalue weighted by atomic mass is 9.81. The van der Waals surface area contributed by atoms with Gasteiger partial charge in [-0.25, -0.2) is 19.4 Å². The largest absolute Gasteiger partial charge is 0.458 e. The number of benzene rings is 1. The number of fused-ring (bicyclic) bond motifs is 2. The molecule has 0 unspecified atom stereocenters. The Bertz CT molecular complexity index is 782. The summed E-state index contributed by atoms with van der Waals surface area (Å²) in [5.74, 6) is -0.510. The normalized spacial score (nSPS) is 25.9. The van der Waals surface area contributed by atoms with Gasteiger partial charge < -0.3 is 9.47 Å². The van der Waals surface area contributed by atoms with E-state index in [1.165, 1.54) is 4.90 Å². The SMILES string of the molecule is CC(C)(C)OC(=O)[C@]12CC[C@H]([C@H](CN=C=O)C1)N2C(=O)OCc1ccccc1. The quantitative estimate of drug-likeness (QED) is 0.441. The van der Waals surface area contributed by atoms with Crippen molar-refractivity contribution in [1.82, 2.24) is 4.90 Å². The highest BCUT2D eigenvalue weighted by Crippen LogP contribution is 2.51. The molecule has 1 amide bonds. The van der Waals surface area contributed by atoms with Crippen LogP contribution in [-0.2, 0) is 25.7 Å². The third-order valence-electron chi connectivity index (χ3n) is 5.36. The Morgan fingerprint density at radius 3 is 2.64 bits per heavy atom. The zero-order valence-electron chi connectivity index (χ0n) is 16.5. The van der Waals surface area contributed by atoms with Gasteiger partial charge in [-0.1, -0.05) is 30.3 Å². The van der Waals surface area contributed by atoms with Crippen LogP contribution < -0.4 is 0 Å². The van der Waals surface area contributed by atoms with E-state index in [0.717, 1.165) is 5.56 Å². The number of ether oxygens (including phenoxy) is 2. The summed E-state index contributed by atoms with van der Waals surface area (Å²) in [6.45, 7) is 5.77. The van der Waals surface area contributed by atoms with Gasteiger partial charge in [-0.3, -0.25) is 4.90 Å². The van der Waals surface area contributed by atoms with Gasteiger partial charge in [0.1, 0.15) is 17.7 Å². The summed E-state index contributed by atoms with van der Waals surface area (Å²) in [4.78, 5) is 41.8. The highest BCUT2D eigenvalue weighted by atomic mass is 16.6. The van der Waals surface area contributed by atoms with Crippen LogP contribution in [-0.4, -0.2) is 46.8 Å². The van der Waals surface area contributed by atoms with Crippen LogP contribution in [0, 0.1) is 5.92 Å². The molecular weight excluding hydrogens is 360 g/mol. The van der Waals surface area contributed by atoms with E-state index >= 15 is 0 Å². The maximum Gasteiger partial charge on any atom is 0.411 e. The fraction of sp³-hybridized carbons (Fsp3) is 0.571. The van der Waals surface area contributed by atoms with E-state index in [1.54, 1.807) is 26.9 Å². The van der Waals surface area contributed by atoms with Crippen molar-refractivity contribution in [3.05, 3.63) is 35.9 Å². The molecule has 0 aromatic heterocycles. The number of esters is 1. The van der Waals surface area contributed by atoms with Gasteiger partial charge in [0.05, 0.1) is 6.54 Å². The van der Waals surface area contributed by atoms with Crippen LogP contribution in [0.25, 0.3) is 0 Å². The molecule has 2 heterocycles. The summed E-state index contributed by atoms with van der Waals surface area (Å²) in [7, 11) is 0. The highest BCUT2D eigenvalue weighted by molar-refractivity contribution is 5.88. The molecule has 2 fully saturated rings. The molecule has 3 atom stereocenters. The standard InChI is InChI=1S/C21H26N2O5/c1-20(2,3)28-18(25)21-10-9-17(16(11-21)12-22-14-24)23(21)19(26)27-13-15-7-5-4-6-8-15/h4-8,16-17H,9-13H2,1-3H3/t16-,17+,21-/m0/s1. The number of isocyanates is 1. The van der Waals surface area contributed by atoms with Crippen LogP contribution in [0.3, 0.4) is 0 Å². The average molecular weight is 386 g/mol. The molecule has 0 aliphatic carbocycles. The molecule has 3 rings (SSSR count). The molecule has 2 saturated heterocycles. The Labute approximate surface area is 164 Å². The number of hydrogen-bond donors (Lipinski definition) is 0. The molecule has 0 radical (unpaired) electrons. The number of amides is 1. The maximum atomic E-state index is 13.1. The van der Waals surface area contributed by atoms with Crippen molar-refractivity contribution >= 4 is 18.1 Å². The van der Waals surface area contributed by atoms with E-state index in [0.29, 0.717) is 19.3 Å². The molecule has 0 saturated carbocycles. The number of rotatable bonds is 5. The van der Waals surface area contributed by atoms with Crippen LogP contribution in [0.4, 0.5) is 4.79 Å². The molecule has 0 N–H and O–H groups in total. The van der Waals surface area contributed by atoms with Gasteiger partial charge >= 0.3 is 12.1 Å². The first-order valence-corrected chi connectivity index (χ1v) is 9.54. The topological polar surface area (TPSA) is 85.3 Å². The molecule has 2 aliphatic heterocycles. The Balaban J connectivity index is 1.81. The molecule has 7 heteroatoms. The van der Waals surface area contributed by atoms with Crippen molar-refractivity contribution in [2.24, 2.45) is 10.9 Å². The molecule has 150 valence electrons. The van der Waals surface area contributed by atoms with Crippen LogP contribution in [0.15, 0.2) is 35.3 Å². The summed E-state index contributed by atoms with van der Waals surface area (Å²) >= 11 is 0. The molecule has 1 aromatic rings. The minimum atomic E-state index is -1.06. The van der Waals surface area contributed by atoms with Crippen molar-refractivity contribution in [3.63, 3.8) is 0 Å². The zero-order valence-corrected chi connectivity index (χ0v) is 16.5. The smallest absolute Gasteiger partial charge is 0.411 e. The number of carbonyl (C=O) groups excluding carboxylic acids is 3. The van der Waals surface area contributed by atoms with Gasteiger partial charge in [0.2, 0.25) is 6.08 Å². The summed E-state index contributed by atoms with van der Waals surface area (Å²) in [5, 5.41) is 0. The first kappa shape index (κ1) is 20.1. The second-order valence-electron chi connectivity index (χ2n) is 8.45. The zero-order chi connectivity index (χ0) is 20.4. The first-order valence-electron chi connectivity index (χ1n) is 9.54. The molecular formula is C21H26N2O5. The highest BCUT2D eigenvalue weighted by Gasteiger charge is 2.64. The lowest BCUT2D eigenvalue weighted by Crippen LogP contribution is -2.53. The Kier molecular flexibility index (Phi) is 5.57. The first-order chi connectivity index (χ1) is 13.3. The summed E-state index contributed by atoms with van der Waals surface area (Å²) < 4.78 is 11.2. The summed E-state index contributed by atoms with van der Waals surface area (Å²) in [6, 6.07) is 9.18. The van der Waals surface area contributed by atoms with Crippen LogP contribution >= 0.6 is 0 Å². The van der Waals surface area contributed by atoms with Crippen molar-refractivity contribution in [2.75, 3.05) is 6.54 Å². The lowest BCUT2D eigenvalue weighted by Gasteiger charge is -2.34. The summed E-state index contributed by atoms with van der Waals surface area (Å²) in [6.07, 6.45) is 2.60. The molecule has 7 nitrogen and oxygen atoms in total. The Morgan fingerprint density at radius 1 is 1.29 bits per heavy atom. The number of hydrogen-bond acceptors (Lipinski definition) is 6. The number of aliphatic imine (C=N–C) groups is 1. The predicted molar refractivity (Wildman–Crippen MR) is 101 cm³/mol. The van der Waals surface area contributed by atoms with E-state index in [9.17, 15) is 14.4 Å². The maximum absolute atomic E-state index is 13.1. The van der Waals surface area contributed by atoms with Gasteiger partial charge in [0.25, 0.3) is 0 Å². The monoisotopic (exact) mass is 386 g/mol. The van der Waals surface area contributed by atoms with Gasteiger partial charge in [0, 0.05) is 12.0 Å². The van der Waals surface area contributed by atoms with E-state index in [2.05, 4.69) is 4.99 Å². The van der Waals surface area contributed by atoms with E-state index in [1.807, 2.05) is 30.3 Å². The van der Waals surface area contributed by atoms with Crippen LogP contribution in [0.1, 0.15) is 45.6 Å². The van der Waals surface area contributed by atoms with Crippen molar-refractivity contribution in [3.8, 4) is 0 Å². The number of carbonyl (C=O) groups is 2. The molecule has 1 aromatic carbocycles. The van der Waals surface area contributed by atoms with E-state index < -0.39 is 23.2 Å². The Hall–Kier alpha value is -2.66. The third-order valence-corrected chi connectivity index (χ3v) is 5.36.